The zero-order chi connectivity index (χ0) is 26.2. The number of nitrogens with zero attached hydrogens (tertiary/aromatic N) is 6. The minimum Gasteiger partial charge on any atom is -0.407 e. The maximum Gasteiger partial charge on any atom is 0.428 e. The molecule has 4 heterocycles. The SMILES string of the molecule is CC.O=C(N1CCOCC1)n1c(=O)oc2ccccc21.O=C(N1CCOCC1)n1nnc2ccccc21. The molecule has 0 bridgehead atoms. The predicted molar refractivity (Wildman–Crippen MR) is 136 cm³/mol. The van der Waals surface area contributed by atoms with Crippen LogP contribution in [0.15, 0.2) is 57.7 Å². The lowest BCUT2D eigenvalue weighted by Gasteiger charge is -2.26. The van der Waals surface area contributed by atoms with Gasteiger partial charge >= 0.3 is 17.8 Å². The van der Waals surface area contributed by atoms with Gasteiger partial charge in [-0.15, -0.1) is 5.10 Å². The molecule has 0 unspecified atom stereocenters. The minimum atomic E-state index is -0.646. The quantitative estimate of drug-likeness (QED) is 0.354. The fourth-order valence-corrected chi connectivity index (χ4v) is 3.94. The number of amides is 2. The van der Waals surface area contributed by atoms with E-state index in [2.05, 4.69) is 10.3 Å². The Morgan fingerprint density at radius 3 is 1.95 bits per heavy atom. The average Bonchev–Trinajstić information content (AvgIpc) is 3.55. The van der Waals surface area contributed by atoms with E-state index in [4.69, 9.17) is 13.9 Å². The third-order valence-corrected chi connectivity index (χ3v) is 5.77. The lowest BCUT2D eigenvalue weighted by Crippen LogP contribution is -2.45. The molecule has 196 valence electrons. The number of oxazole rings is 1. The molecule has 2 fully saturated rings. The Hall–Kier alpha value is -4.03. The Labute approximate surface area is 212 Å². The van der Waals surface area contributed by atoms with Crippen molar-refractivity contribution in [2.75, 3.05) is 52.6 Å². The molecule has 2 aromatic heterocycles. The zero-order valence-corrected chi connectivity index (χ0v) is 20.9. The van der Waals surface area contributed by atoms with Crippen molar-refractivity contribution in [1.29, 1.82) is 0 Å². The summed E-state index contributed by atoms with van der Waals surface area (Å²) >= 11 is 0. The normalized spacial score (nSPS) is 15.5. The van der Waals surface area contributed by atoms with Crippen molar-refractivity contribution in [2.45, 2.75) is 13.8 Å². The van der Waals surface area contributed by atoms with Gasteiger partial charge in [-0.2, -0.15) is 9.25 Å². The first-order valence-corrected chi connectivity index (χ1v) is 12.3. The van der Waals surface area contributed by atoms with E-state index in [0.717, 1.165) is 15.6 Å². The highest BCUT2D eigenvalue weighted by Crippen LogP contribution is 2.14. The highest BCUT2D eigenvalue weighted by Gasteiger charge is 2.23. The number of aromatic nitrogens is 4. The smallest absolute Gasteiger partial charge is 0.407 e. The lowest BCUT2D eigenvalue weighted by molar-refractivity contribution is 0.0530. The van der Waals surface area contributed by atoms with Crippen LogP contribution in [0.1, 0.15) is 13.8 Å². The summed E-state index contributed by atoms with van der Waals surface area (Å²) in [7, 11) is 0. The Morgan fingerprint density at radius 1 is 0.757 bits per heavy atom. The Morgan fingerprint density at radius 2 is 1.30 bits per heavy atom. The second-order valence-electron chi connectivity index (χ2n) is 7.93. The summed E-state index contributed by atoms with van der Waals surface area (Å²) < 4.78 is 17.9. The van der Waals surface area contributed by atoms with E-state index in [-0.39, 0.29) is 12.1 Å². The van der Waals surface area contributed by atoms with E-state index in [0.29, 0.717) is 63.7 Å². The van der Waals surface area contributed by atoms with Gasteiger partial charge in [0.2, 0.25) is 0 Å². The highest BCUT2D eigenvalue weighted by molar-refractivity contribution is 5.88. The van der Waals surface area contributed by atoms with Gasteiger partial charge in [0.1, 0.15) is 5.52 Å². The molecule has 6 rings (SSSR count). The first-order chi connectivity index (χ1) is 18.1. The summed E-state index contributed by atoms with van der Waals surface area (Å²) in [5, 5.41) is 7.87. The first kappa shape index (κ1) is 26.0. The molecule has 2 amide bonds. The van der Waals surface area contributed by atoms with Crippen molar-refractivity contribution in [3.63, 3.8) is 0 Å². The number of hydrogen-bond acceptors (Lipinski definition) is 8. The summed E-state index contributed by atoms with van der Waals surface area (Å²) in [5.41, 5.74) is 2.39. The van der Waals surface area contributed by atoms with Crippen LogP contribution in [0.3, 0.4) is 0 Å². The second-order valence-corrected chi connectivity index (χ2v) is 7.93. The number of ether oxygens (including phenoxy) is 2. The van der Waals surface area contributed by atoms with E-state index in [1.54, 1.807) is 34.1 Å². The van der Waals surface area contributed by atoms with Gasteiger partial charge in [0.05, 0.1) is 37.5 Å². The van der Waals surface area contributed by atoms with Crippen molar-refractivity contribution in [2.24, 2.45) is 0 Å². The minimum absolute atomic E-state index is 0.137. The number of rotatable bonds is 0. The van der Waals surface area contributed by atoms with Crippen LogP contribution < -0.4 is 5.76 Å². The summed E-state index contributed by atoms with van der Waals surface area (Å²) in [6, 6.07) is 13.8. The maximum atomic E-state index is 12.3. The predicted octanol–water partition coefficient (Wildman–Crippen LogP) is 2.65. The number of fused-ring (bicyclic) bond motifs is 2. The fourth-order valence-electron chi connectivity index (χ4n) is 3.94. The molecule has 12 nitrogen and oxygen atoms in total. The topological polar surface area (TPSA) is 125 Å². The molecule has 0 spiro atoms. The van der Waals surface area contributed by atoms with E-state index in [9.17, 15) is 14.4 Å². The van der Waals surface area contributed by atoms with Gasteiger partial charge in [-0.3, -0.25) is 0 Å². The van der Waals surface area contributed by atoms with Gasteiger partial charge < -0.3 is 23.7 Å². The molecule has 0 N–H and O–H groups in total. The van der Waals surface area contributed by atoms with Crippen molar-refractivity contribution >= 4 is 34.2 Å². The van der Waals surface area contributed by atoms with Crippen molar-refractivity contribution < 1.29 is 23.5 Å². The van der Waals surface area contributed by atoms with Gasteiger partial charge in [-0.05, 0) is 24.3 Å². The number of benzene rings is 2. The number of morpholine rings is 2. The average molecular weight is 511 g/mol. The molecule has 0 radical (unpaired) electrons. The van der Waals surface area contributed by atoms with Crippen LogP contribution in [0.25, 0.3) is 22.1 Å². The standard InChI is InChI=1S/C12H12N2O4.C11H12N4O2.C2H6/c15-11(13-5-7-17-8-6-13)14-9-3-1-2-4-10(9)18-12(14)16;16-11(14-5-7-17-8-6-14)15-10-4-2-1-3-9(10)12-13-15;1-2/h1-4H,5-8H2;1-4H,5-8H2;1-2H3. The highest BCUT2D eigenvalue weighted by atomic mass is 16.5. The number of para-hydroxylation sites is 3. The van der Waals surface area contributed by atoms with Crippen LogP contribution in [0, 0.1) is 0 Å². The lowest BCUT2D eigenvalue weighted by atomic mass is 10.3. The summed E-state index contributed by atoms with van der Waals surface area (Å²) in [6.45, 7) is 8.35. The molecular formula is C25H30N6O6. The molecule has 4 aromatic rings. The van der Waals surface area contributed by atoms with Gasteiger partial charge in [0.15, 0.2) is 5.58 Å². The van der Waals surface area contributed by atoms with Crippen LogP contribution in [0.2, 0.25) is 0 Å². The van der Waals surface area contributed by atoms with Crippen molar-refractivity contribution in [3.8, 4) is 0 Å². The Kier molecular flexibility index (Phi) is 8.64. The van der Waals surface area contributed by atoms with E-state index >= 15 is 0 Å². The number of carbonyl (C=O) groups is 2. The number of carbonyl (C=O) groups excluding carboxylic acids is 2. The van der Waals surface area contributed by atoms with E-state index in [1.165, 1.54) is 4.68 Å². The van der Waals surface area contributed by atoms with Crippen LogP contribution in [-0.4, -0.2) is 94.0 Å². The third kappa shape index (κ3) is 5.70. The molecule has 37 heavy (non-hydrogen) atoms. The van der Waals surface area contributed by atoms with Crippen molar-refractivity contribution in [3.05, 3.63) is 59.1 Å². The first-order valence-electron chi connectivity index (χ1n) is 12.3. The summed E-state index contributed by atoms with van der Waals surface area (Å²) in [6.07, 6.45) is 0. The molecule has 2 aliphatic rings. The molecule has 2 aliphatic heterocycles. The molecule has 0 saturated carbocycles. The summed E-state index contributed by atoms with van der Waals surface area (Å²) in [4.78, 5) is 39.5. The van der Waals surface area contributed by atoms with Gasteiger partial charge in [-0.25, -0.2) is 14.4 Å². The molecule has 2 saturated heterocycles. The summed E-state index contributed by atoms with van der Waals surface area (Å²) in [5.74, 6) is -0.646. The van der Waals surface area contributed by atoms with Gasteiger partial charge in [-0.1, -0.05) is 43.3 Å². The van der Waals surface area contributed by atoms with Gasteiger partial charge in [0.25, 0.3) is 0 Å². The van der Waals surface area contributed by atoms with E-state index in [1.807, 2.05) is 38.1 Å². The molecule has 0 aliphatic carbocycles. The largest absolute Gasteiger partial charge is 0.428 e. The fraction of sp³-hybridized carbons (Fsp3) is 0.400. The molecule has 0 atom stereocenters. The van der Waals surface area contributed by atoms with Crippen LogP contribution in [0.4, 0.5) is 9.59 Å². The Balaban J connectivity index is 0.000000162. The number of hydrogen-bond donors (Lipinski definition) is 0. The van der Waals surface area contributed by atoms with E-state index < -0.39 is 5.76 Å². The van der Waals surface area contributed by atoms with Crippen molar-refractivity contribution in [1.82, 2.24) is 29.4 Å². The zero-order valence-electron chi connectivity index (χ0n) is 20.9. The maximum absolute atomic E-state index is 12.3. The molecule has 12 heteroatoms. The van der Waals surface area contributed by atoms with Crippen LogP contribution in [0.5, 0.6) is 0 Å². The monoisotopic (exact) mass is 510 g/mol. The molecular weight excluding hydrogens is 480 g/mol. The Bertz CT molecular complexity index is 1400. The van der Waals surface area contributed by atoms with Gasteiger partial charge in [0, 0.05) is 26.2 Å². The second kappa shape index (κ2) is 12.3. The molecule has 2 aromatic carbocycles. The van der Waals surface area contributed by atoms with Crippen LogP contribution in [-0.2, 0) is 9.47 Å². The van der Waals surface area contributed by atoms with Crippen LogP contribution >= 0.6 is 0 Å². The third-order valence-electron chi connectivity index (χ3n) is 5.77.